The van der Waals surface area contributed by atoms with E-state index in [-0.39, 0.29) is 24.3 Å². The number of rotatable bonds is 13. The van der Waals surface area contributed by atoms with Crippen LogP contribution in [-0.4, -0.2) is 87.8 Å². The van der Waals surface area contributed by atoms with Gasteiger partial charge in [-0.3, -0.25) is 29.3 Å². The van der Waals surface area contributed by atoms with Crippen LogP contribution in [0.2, 0.25) is 0 Å². The molecule has 4 aromatic carbocycles. The second-order valence-corrected chi connectivity index (χ2v) is 14.8. The summed E-state index contributed by atoms with van der Waals surface area (Å²) in [7, 11) is 1.81. The molecule has 288 valence electrons. The predicted octanol–water partition coefficient (Wildman–Crippen LogP) is 6.45. The number of benzene rings is 4. The first-order valence-corrected chi connectivity index (χ1v) is 19.6. The van der Waals surface area contributed by atoms with Crippen LogP contribution in [0.1, 0.15) is 48.4 Å². The second-order valence-electron chi connectivity index (χ2n) is 14.8. The van der Waals surface area contributed by atoms with Crippen molar-refractivity contribution in [1.82, 2.24) is 29.5 Å². The Labute approximate surface area is 326 Å². The van der Waals surface area contributed by atoms with Crippen molar-refractivity contribution in [2.24, 2.45) is 7.05 Å². The van der Waals surface area contributed by atoms with E-state index in [0.717, 1.165) is 55.7 Å². The maximum Gasteiger partial charge on any atom is 0.260 e. The van der Waals surface area contributed by atoms with Crippen LogP contribution >= 0.6 is 0 Å². The number of amides is 3. The van der Waals surface area contributed by atoms with E-state index < -0.39 is 5.92 Å². The van der Waals surface area contributed by atoms with Crippen molar-refractivity contribution >= 4 is 39.5 Å². The van der Waals surface area contributed by atoms with E-state index in [4.69, 9.17) is 9.47 Å². The molecule has 2 fully saturated rings. The molecule has 8 rings (SSSR count). The number of unbranched alkanes of at least 4 members (excludes halogenated alkanes) is 1. The lowest BCUT2D eigenvalue weighted by Gasteiger charge is -2.34. The quantitative estimate of drug-likeness (QED) is 0.107. The van der Waals surface area contributed by atoms with E-state index >= 15 is 0 Å². The van der Waals surface area contributed by atoms with Gasteiger partial charge in [-0.15, -0.1) is 0 Å². The summed E-state index contributed by atoms with van der Waals surface area (Å²) < 4.78 is 16.2. The molecule has 2 aromatic heterocycles. The minimum absolute atomic E-state index is 0.0353. The number of fused-ring (bicyclic) bond motifs is 2. The van der Waals surface area contributed by atoms with E-state index in [1.807, 2.05) is 24.1 Å². The molecule has 2 aliphatic heterocycles. The van der Waals surface area contributed by atoms with Crippen molar-refractivity contribution < 1.29 is 23.9 Å². The monoisotopic (exact) mass is 752 g/mol. The molecule has 0 spiro atoms. The molecule has 11 heteroatoms. The number of hydrogen-bond donors (Lipinski definition) is 1. The maximum absolute atomic E-state index is 13.0. The molecule has 0 saturated carbocycles. The van der Waals surface area contributed by atoms with Gasteiger partial charge in [-0.05, 0) is 79.8 Å². The molecule has 3 amide bonds. The summed E-state index contributed by atoms with van der Waals surface area (Å²) in [5, 5.41) is 9.12. The van der Waals surface area contributed by atoms with Crippen molar-refractivity contribution in [2.75, 3.05) is 45.9 Å². The van der Waals surface area contributed by atoms with E-state index in [2.05, 4.69) is 106 Å². The Kier molecular flexibility index (Phi) is 10.9. The van der Waals surface area contributed by atoms with Crippen molar-refractivity contribution in [3.63, 3.8) is 0 Å². The average molecular weight is 753 g/mol. The topological polar surface area (TPSA) is 111 Å². The van der Waals surface area contributed by atoms with Gasteiger partial charge in [-0.1, -0.05) is 60.7 Å². The van der Waals surface area contributed by atoms with Crippen LogP contribution in [0.25, 0.3) is 33.1 Å². The Bertz CT molecular complexity index is 2360. The van der Waals surface area contributed by atoms with Gasteiger partial charge in [0.1, 0.15) is 11.5 Å². The van der Waals surface area contributed by atoms with Crippen LogP contribution in [0, 0.1) is 6.92 Å². The molecular formula is C45H48N6O5. The molecule has 56 heavy (non-hydrogen) atoms. The lowest BCUT2D eigenvalue weighted by atomic mass is 9.93. The summed E-state index contributed by atoms with van der Waals surface area (Å²) in [4.78, 5) is 41.4. The molecule has 4 heterocycles. The highest BCUT2D eigenvalue weighted by molar-refractivity contribution is 6.02. The third-order valence-electron chi connectivity index (χ3n) is 11.2. The fraction of sp³-hybridized carbons (Fsp3) is 0.333. The van der Waals surface area contributed by atoms with Gasteiger partial charge in [0.2, 0.25) is 11.8 Å². The van der Waals surface area contributed by atoms with Gasteiger partial charge in [0.25, 0.3) is 5.91 Å². The number of aromatic nitrogens is 3. The number of para-hydroxylation sites is 1. The number of nitrogens with zero attached hydrogens (tertiary/aromatic N) is 5. The van der Waals surface area contributed by atoms with E-state index in [1.165, 1.54) is 33.3 Å². The number of hydrogen-bond acceptors (Lipinski definition) is 7. The Hall–Kier alpha value is -5.94. The highest BCUT2D eigenvalue weighted by Crippen LogP contribution is 2.35. The Balaban J connectivity index is 0.756. The number of nitrogens with one attached hydrogen (secondary N) is 1. The fourth-order valence-corrected chi connectivity index (χ4v) is 8.13. The normalized spacial score (nSPS) is 16.4. The summed E-state index contributed by atoms with van der Waals surface area (Å²) in [6, 6.07) is 33.3. The van der Waals surface area contributed by atoms with Crippen molar-refractivity contribution in [3.05, 3.63) is 114 Å². The van der Waals surface area contributed by atoms with E-state index in [0.29, 0.717) is 44.0 Å². The smallest absolute Gasteiger partial charge is 0.260 e. The molecule has 0 radical (unpaired) electrons. The largest absolute Gasteiger partial charge is 0.494 e. The first-order valence-electron chi connectivity index (χ1n) is 19.6. The van der Waals surface area contributed by atoms with E-state index in [1.54, 1.807) is 10.7 Å². The van der Waals surface area contributed by atoms with Gasteiger partial charge in [-0.25, -0.2) is 0 Å². The number of carbonyl (C=O) groups is 3. The molecule has 6 aromatic rings. The van der Waals surface area contributed by atoms with Gasteiger partial charge in [-0.2, -0.15) is 5.10 Å². The summed E-state index contributed by atoms with van der Waals surface area (Å²) >= 11 is 0. The van der Waals surface area contributed by atoms with Crippen LogP contribution in [0.3, 0.4) is 0 Å². The van der Waals surface area contributed by atoms with Gasteiger partial charge >= 0.3 is 0 Å². The molecule has 0 bridgehead atoms. The summed E-state index contributed by atoms with van der Waals surface area (Å²) in [6.45, 7) is 7.61. The minimum Gasteiger partial charge on any atom is -0.494 e. The van der Waals surface area contributed by atoms with Crippen LogP contribution in [0.4, 0.5) is 0 Å². The molecular weight excluding hydrogens is 705 g/mol. The standard InChI is InChI=1S/C45H48N6O5/c1-31-36-12-6-7-13-39(36)51(44(31)33-10-4-3-5-11-33)29-32-14-16-34(17-15-32)55-27-9-8-22-49-23-25-50(26-24-49)42(53)30-56-35-18-19-37-40(28-35)48(2)47-43(37)38-20-21-41(52)46-45(38)54/h3-7,10-19,28,38H,8-9,20-27,29-30H2,1-2H3,(H,46,52,54). The van der Waals surface area contributed by atoms with Crippen molar-refractivity contribution in [3.8, 4) is 22.8 Å². The second kappa shape index (κ2) is 16.4. The first-order chi connectivity index (χ1) is 27.3. The Morgan fingerprint density at radius 3 is 2.36 bits per heavy atom. The summed E-state index contributed by atoms with van der Waals surface area (Å²) in [6.07, 6.45) is 2.72. The predicted molar refractivity (Wildman–Crippen MR) is 217 cm³/mol. The highest BCUT2D eigenvalue weighted by Gasteiger charge is 2.32. The lowest BCUT2D eigenvalue weighted by molar-refractivity contribution is -0.135. The zero-order valence-corrected chi connectivity index (χ0v) is 32.1. The summed E-state index contributed by atoms with van der Waals surface area (Å²) in [5.41, 5.74) is 7.71. The lowest BCUT2D eigenvalue weighted by Crippen LogP contribution is -2.50. The minimum atomic E-state index is -0.470. The Morgan fingerprint density at radius 1 is 0.821 bits per heavy atom. The van der Waals surface area contributed by atoms with Crippen molar-refractivity contribution in [2.45, 2.75) is 45.1 Å². The highest BCUT2D eigenvalue weighted by atomic mass is 16.5. The number of piperidine rings is 1. The molecule has 0 aliphatic carbocycles. The average Bonchev–Trinajstić information content (AvgIpc) is 3.69. The Morgan fingerprint density at radius 2 is 1.57 bits per heavy atom. The fourth-order valence-electron chi connectivity index (χ4n) is 8.13. The van der Waals surface area contributed by atoms with Gasteiger partial charge in [0, 0.05) is 68.5 Å². The molecule has 1 atom stereocenters. The molecule has 1 N–H and O–H groups in total. The van der Waals surface area contributed by atoms with Crippen LogP contribution in [0.15, 0.2) is 97.1 Å². The van der Waals surface area contributed by atoms with Crippen LogP contribution in [0.5, 0.6) is 11.5 Å². The van der Waals surface area contributed by atoms with Gasteiger partial charge in [0.15, 0.2) is 6.61 Å². The molecule has 11 nitrogen and oxygen atoms in total. The molecule has 2 aliphatic rings. The van der Waals surface area contributed by atoms with Gasteiger partial charge < -0.3 is 18.9 Å². The summed E-state index contributed by atoms with van der Waals surface area (Å²) in [5.74, 6) is 0.384. The SMILES string of the molecule is Cc1c(-c2ccccc2)n(Cc2ccc(OCCCCN3CCN(C(=O)COc4ccc5c(C6CCC(=O)NC6=O)nn(C)c5c4)CC3)cc2)c2ccccc12. The van der Waals surface area contributed by atoms with Crippen LogP contribution < -0.4 is 14.8 Å². The number of piperazine rings is 1. The number of imide groups is 1. The van der Waals surface area contributed by atoms with Crippen LogP contribution in [-0.2, 0) is 28.0 Å². The third kappa shape index (κ3) is 7.90. The zero-order valence-electron chi connectivity index (χ0n) is 32.1. The number of carbonyl (C=O) groups excluding carboxylic acids is 3. The molecule has 2 saturated heterocycles. The maximum atomic E-state index is 13.0. The number of aryl methyl sites for hydroxylation is 2. The number of ether oxygens (including phenoxy) is 2. The first kappa shape index (κ1) is 37.0. The van der Waals surface area contributed by atoms with Gasteiger partial charge in [0.05, 0.1) is 29.4 Å². The van der Waals surface area contributed by atoms with E-state index in [9.17, 15) is 14.4 Å². The molecule has 1 unspecified atom stereocenters. The van der Waals surface area contributed by atoms with Crippen molar-refractivity contribution in [1.29, 1.82) is 0 Å². The third-order valence-corrected chi connectivity index (χ3v) is 11.2. The zero-order chi connectivity index (χ0) is 38.6.